The first-order chi connectivity index (χ1) is 7.24. The number of esters is 1. The molecule has 86 valence electrons. The van der Waals surface area contributed by atoms with E-state index in [0.717, 1.165) is 26.2 Å². The fourth-order valence-corrected chi connectivity index (χ4v) is 1.50. The van der Waals surface area contributed by atoms with E-state index in [4.69, 9.17) is 4.74 Å². The van der Waals surface area contributed by atoms with E-state index in [-0.39, 0.29) is 5.97 Å². The minimum Gasteiger partial charge on any atom is -0.466 e. The maximum absolute atomic E-state index is 11.0. The molecule has 4 heteroatoms. The van der Waals surface area contributed by atoms with Crippen LogP contribution in [-0.4, -0.2) is 39.4 Å². The number of rotatable bonds is 5. The van der Waals surface area contributed by atoms with E-state index < -0.39 is 0 Å². The fraction of sp³-hybridized carbons (Fsp3) is 0.727. The maximum atomic E-state index is 11.0. The molecule has 0 amide bonds. The van der Waals surface area contributed by atoms with E-state index >= 15 is 0 Å². The van der Waals surface area contributed by atoms with Crippen molar-refractivity contribution >= 4 is 5.97 Å². The van der Waals surface area contributed by atoms with Crippen molar-refractivity contribution in [1.29, 1.82) is 0 Å². The van der Waals surface area contributed by atoms with Gasteiger partial charge in [0.05, 0.1) is 13.7 Å². The Balaban J connectivity index is 2.11. The van der Waals surface area contributed by atoms with Gasteiger partial charge in [0.2, 0.25) is 0 Å². The van der Waals surface area contributed by atoms with Crippen molar-refractivity contribution in [1.82, 2.24) is 5.32 Å². The van der Waals surface area contributed by atoms with E-state index in [1.165, 1.54) is 7.11 Å². The van der Waals surface area contributed by atoms with Crippen molar-refractivity contribution in [3.63, 3.8) is 0 Å². The van der Waals surface area contributed by atoms with Crippen LogP contribution in [0.3, 0.4) is 0 Å². The molecule has 1 unspecified atom stereocenters. The quantitative estimate of drug-likeness (QED) is 0.415. The number of carbonyl (C=O) groups is 1. The number of hydrogen-bond acceptors (Lipinski definition) is 4. The molecule has 15 heavy (non-hydrogen) atoms. The van der Waals surface area contributed by atoms with Gasteiger partial charge in [0.25, 0.3) is 0 Å². The zero-order valence-electron chi connectivity index (χ0n) is 9.41. The van der Waals surface area contributed by atoms with Crippen molar-refractivity contribution < 1.29 is 14.3 Å². The van der Waals surface area contributed by atoms with Gasteiger partial charge in [-0.2, -0.15) is 0 Å². The smallest absolute Gasteiger partial charge is 0.333 e. The molecule has 1 aliphatic rings. The van der Waals surface area contributed by atoms with Crippen LogP contribution in [0.15, 0.2) is 11.6 Å². The number of ether oxygens (including phenoxy) is 2. The molecule has 0 aromatic heterocycles. The number of methoxy groups -OCH3 is 1. The third-order valence-corrected chi connectivity index (χ3v) is 2.52. The molecule has 0 spiro atoms. The Morgan fingerprint density at radius 1 is 1.67 bits per heavy atom. The molecule has 0 aliphatic carbocycles. The van der Waals surface area contributed by atoms with Crippen molar-refractivity contribution in [3.8, 4) is 0 Å². The molecule has 0 saturated carbocycles. The highest BCUT2D eigenvalue weighted by molar-refractivity contribution is 5.87. The topological polar surface area (TPSA) is 47.6 Å². The van der Waals surface area contributed by atoms with Crippen LogP contribution in [0.1, 0.15) is 13.3 Å². The van der Waals surface area contributed by atoms with Crippen LogP contribution in [0, 0.1) is 5.92 Å². The van der Waals surface area contributed by atoms with Gasteiger partial charge in [-0.25, -0.2) is 4.79 Å². The molecule has 0 bridgehead atoms. The van der Waals surface area contributed by atoms with Crippen molar-refractivity contribution in [3.05, 3.63) is 11.6 Å². The Hall–Kier alpha value is -0.870. The molecule has 1 aliphatic heterocycles. The van der Waals surface area contributed by atoms with Gasteiger partial charge in [-0.1, -0.05) is 6.08 Å². The predicted molar refractivity (Wildman–Crippen MR) is 57.6 cm³/mol. The monoisotopic (exact) mass is 213 g/mol. The first-order valence-corrected chi connectivity index (χ1v) is 5.27. The summed E-state index contributed by atoms with van der Waals surface area (Å²) in [4.78, 5) is 11.0. The normalized spacial score (nSPS) is 21.7. The van der Waals surface area contributed by atoms with Crippen LogP contribution in [0.5, 0.6) is 0 Å². The molecule has 0 aromatic rings. The molecule has 0 aromatic carbocycles. The zero-order chi connectivity index (χ0) is 11.1. The van der Waals surface area contributed by atoms with Crippen molar-refractivity contribution in [2.45, 2.75) is 13.3 Å². The Morgan fingerprint density at radius 2 is 2.47 bits per heavy atom. The summed E-state index contributed by atoms with van der Waals surface area (Å²) in [6.07, 6.45) is 2.98. The lowest BCUT2D eigenvalue weighted by molar-refractivity contribution is -0.136. The van der Waals surface area contributed by atoms with Crippen LogP contribution < -0.4 is 5.32 Å². The molecule has 1 rings (SSSR count). The largest absolute Gasteiger partial charge is 0.466 e. The average molecular weight is 213 g/mol. The highest BCUT2D eigenvalue weighted by Gasteiger charge is 2.14. The Labute approximate surface area is 90.6 Å². The lowest BCUT2D eigenvalue weighted by Gasteiger charge is -2.07. The summed E-state index contributed by atoms with van der Waals surface area (Å²) in [5.74, 6) is 0.359. The standard InChI is InChI=1S/C11H19NO3/c1-9(11(13)14-2)3-5-12-7-10-4-6-15-8-10/h3,10,12H,4-8H2,1-2H3. The fourth-order valence-electron chi connectivity index (χ4n) is 1.50. The van der Waals surface area contributed by atoms with Gasteiger partial charge in [-0.15, -0.1) is 0 Å². The lowest BCUT2D eigenvalue weighted by atomic mass is 10.1. The minimum atomic E-state index is -0.263. The van der Waals surface area contributed by atoms with Gasteiger partial charge < -0.3 is 14.8 Å². The second-order valence-corrected chi connectivity index (χ2v) is 3.77. The van der Waals surface area contributed by atoms with Crippen LogP contribution in [0.2, 0.25) is 0 Å². The lowest BCUT2D eigenvalue weighted by Crippen LogP contribution is -2.23. The molecule has 1 heterocycles. The van der Waals surface area contributed by atoms with Gasteiger partial charge in [0.15, 0.2) is 0 Å². The second-order valence-electron chi connectivity index (χ2n) is 3.77. The summed E-state index contributed by atoms with van der Waals surface area (Å²) in [6, 6.07) is 0. The minimum absolute atomic E-state index is 0.263. The van der Waals surface area contributed by atoms with Crippen LogP contribution in [0.4, 0.5) is 0 Å². The first-order valence-electron chi connectivity index (χ1n) is 5.27. The van der Waals surface area contributed by atoms with Crippen LogP contribution in [-0.2, 0) is 14.3 Å². The highest BCUT2D eigenvalue weighted by atomic mass is 16.5. The summed E-state index contributed by atoms with van der Waals surface area (Å²) < 4.78 is 9.85. The van der Waals surface area contributed by atoms with Gasteiger partial charge in [0.1, 0.15) is 0 Å². The Morgan fingerprint density at radius 3 is 3.07 bits per heavy atom. The van der Waals surface area contributed by atoms with Gasteiger partial charge >= 0.3 is 5.97 Å². The van der Waals surface area contributed by atoms with Crippen molar-refractivity contribution in [2.24, 2.45) is 5.92 Å². The summed E-state index contributed by atoms with van der Waals surface area (Å²) in [6.45, 7) is 5.14. The highest BCUT2D eigenvalue weighted by Crippen LogP contribution is 2.10. The Kier molecular flexibility index (Phi) is 5.36. The number of carbonyl (C=O) groups excluding carboxylic acids is 1. The summed E-state index contributed by atoms with van der Waals surface area (Å²) in [5, 5.41) is 3.27. The Bertz CT molecular complexity index is 232. The molecule has 1 fully saturated rings. The molecular weight excluding hydrogens is 194 g/mol. The summed E-state index contributed by atoms with van der Waals surface area (Å²) in [5.41, 5.74) is 0.646. The zero-order valence-corrected chi connectivity index (χ0v) is 9.41. The molecule has 0 radical (unpaired) electrons. The van der Waals surface area contributed by atoms with Gasteiger partial charge in [0, 0.05) is 25.3 Å². The van der Waals surface area contributed by atoms with E-state index in [1.54, 1.807) is 6.92 Å². The van der Waals surface area contributed by atoms with E-state index in [1.807, 2.05) is 6.08 Å². The SMILES string of the molecule is COC(=O)C(C)=CCNCC1CCOC1. The molecule has 1 saturated heterocycles. The third-order valence-electron chi connectivity index (χ3n) is 2.52. The van der Waals surface area contributed by atoms with E-state index in [9.17, 15) is 4.79 Å². The maximum Gasteiger partial charge on any atom is 0.333 e. The molecule has 1 N–H and O–H groups in total. The first kappa shape index (κ1) is 12.2. The summed E-state index contributed by atoms with van der Waals surface area (Å²) >= 11 is 0. The predicted octanol–water partition coefficient (Wildman–Crippen LogP) is 0.732. The van der Waals surface area contributed by atoms with Crippen LogP contribution >= 0.6 is 0 Å². The third kappa shape index (κ3) is 4.44. The second kappa shape index (κ2) is 6.58. The number of nitrogens with one attached hydrogen (secondary N) is 1. The molecule has 1 atom stereocenters. The van der Waals surface area contributed by atoms with Gasteiger partial charge in [-0.05, 0) is 19.3 Å². The average Bonchev–Trinajstić information content (AvgIpc) is 2.75. The van der Waals surface area contributed by atoms with Gasteiger partial charge in [-0.3, -0.25) is 0 Å². The number of hydrogen-bond donors (Lipinski definition) is 1. The van der Waals surface area contributed by atoms with E-state index in [2.05, 4.69) is 10.1 Å². The van der Waals surface area contributed by atoms with Crippen molar-refractivity contribution in [2.75, 3.05) is 33.4 Å². The van der Waals surface area contributed by atoms with Crippen LogP contribution in [0.25, 0.3) is 0 Å². The van der Waals surface area contributed by atoms with E-state index in [0.29, 0.717) is 18.0 Å². The molecular formula is C11H19NO3. The summed E-state index contributed by atoms with van der Waals surface area (Å²) in [7, 11) is 1.39. The molecule has 4 nitrogen and oxygen atoms in total.